The molecule has 0 spiro atoms. The molecule has 4 rings (SSSR count). The predicted molar refractivity (Wildman–Crippen MR) is 157 cm³/mol. The fourth-order valence-corrected chi connectivity index (χ4v) is 4.86. The monoisotopic (exact) mass is 531 g/mol. The molecule has 0 bridgehead atoms. The Labute approximate surface area is 231 Å². The topological polar surface area (TPSA) is 78.8 Å². The summed E-state index contributed by atoms with van der Waals surface area (Å²) in [5.74, 6) is 0.465. The van der Waals surface area contributed by atoms with Crippen molar-refractivity contribution in [2.75, 3.05) is 39.1 Å². The highest BCUT2D eigenvalue weighted by Gasteiger charge is 2.29. The van der Waals surface area contributed by atoms with E-state index in [0.717, 1.165) is 46.8 Å². The molecule has 2 heterocycles. The normalized spacial score (nSPS) is 14.4. The first-order chi connectivity index (χ1) is 18.5. The summed E-state index contributed by atoms with van der Waals surface area (Å²) in [4.78, 5) is 30.3. The number of aromatic nitrogens is 1. The molecule has 3 aromatic rings. The van der Waals surface area contributed by atoms with Crippen molar-refractivity contribution in [3.05, 3.63) is 71.0 Å². The number of hydrogen-bond acceptors (Lipinski definition) is 5. The number of anilines is 1. The van der Waals surface area contributed by atoms with Gasteiger partial charge in [-0.2, -0.15) is 0 Å². The molecular formula is C31H41N5O3. The van der Waals surface area contributed by atoms with Gasteiger partial charge in [0.1, 0.15) is 11.4 Å². The fourth-order valence-electron chi connectivity index (χ4n) is 4.86. The summed E-state index contributed by atoms with van der Waals surface area (Å²) < 4.78 is 7.87. The third-order valence-electron chi connectivity index (χ3n) is 7.37. The highest BCUT2D eigenvalue weighted by Crippen LogP contribution is 2.31. The number of hydrogen-bond donors (Lipinski definition) is 2. The zero-order chi connectivity index (χ0) is 28.4. The molecule has 0 aliphatic carbocycles. The van der Waals surface area contributed by atoms with Gasteiger partial charge >= 0.3 is 0 Å². The van der Waals surface area contributed by atoms with Gasteiger partial charge in [0.25, 0.3) is 11.8 Å². The van der Waals surface area contributed by atoms with Crippen molar-refractivity contribution < 1.29 is 14.3 Å². The number of rotatable bonds is 9. The maximum atomic E-state index is 13.5. The van der Waals surface area contributed by atoms with Gasteiger partial charge in [-0.15, -0.1) is 0 Å². The first kappa shape index (κ1) is 28.2. The van der Waals surface area contributed by atoms with Gasteiger partial charge in [-0.25, -0.2) is 0 Å². The minimum Gasteiger partial charge on any atom is -0.491 e. The molecule has 1 aromatic heterocycles. The van der Waals surface area contributed by atoms with Crippen molar-refractivity contribution in [1.29, 1.82) is 0 Å². The second-order valence-corrected chi connectivity index (χ2v) is 11.0. The number of ether oxygens (including phenoxy) is 1. The van der Waals surface area contributed by atoms with Gasteiger partial charge < -0.3 is 29.7 Å². The first-order valence-electron chi connectivity index (χ1n) is 13.5. The standard InChI is InChI=1S/C31H41N5O3/c1-19(2)39-27-12-22(11-23(13-27)24-14-29(31(38)32-5)35(8)16-24)21(4)33-30(37)28-15-25(10-9-20(28)3)36-17-26(18-36)34(6)7/h9-16,19,21,26H,17-18H2,1-8H3,(H,32,38)(H,33,37)/t21-/m1/s1. The van der Waals surface area contributed by atoms with Crippen LogP contribution in [-0.4, -0.2) is 67.7 Å². The van der Waals surface area contributed by atoms with Crippen LogP contribution in [0.1, 0.15) is 58.8 Å². The zero-order valence-corrected chi connectivity index (χ0v) is 24.3. The minimum atomic E-state index is -0.265. The van der Waals surface area contributed by atoms with Gasteiger partial charge in [0.2, 0.25) is 0 Å². The Kier molecular flexibility index (Phi) is 8.35. The SMILES string of the molecule is CNC(=O)c1cc(-c2cc(OC(C)C)cc([C@@H](C)NC(=O)c3cc(N4CC(N(C)C)C4)ccc3C)c2)cn1C. The number of likely N-dealkylation sites (N-methyl/N-ethyl adjacent to an activating group) is 1. The van der Waals surface area contributed by atoms with Crippen molar-refractivity contribution in [1.82, 2.24) is 20.1 Å². The molecule has 2 amide bonds. The highest BCUT2D eigenvalue weighted by molar-refractivity contribution is 5.97. The van der Waals surface area contributed by atoms with E-state index in [9.17, 15) is 9.59 Å². The van der Waals surface area contributed by atoms with Gasteiger partial charge in [0.05, 0.1) is 12.1 Å². The van der Waals surface area contributed by atoms with E-state index in [0.29, 0.717) is 17.3 Å². The number of carbonyl (C=O) groups excluding carboxylic acids is 2. The number of amides is 2. The van der Waals surface area contributed by atoms with Crippen LogP contribution in [0.3, 0.4) is 0 Å². The molecule has 39 heavy (non-hydrogen) atoms. The van der Waals surface area contributed by atoms with Gasteiger partial charge in [-0.1, -0.05) is 6.07 Å². The molecule has 1 aliphatic rings. The molecule has 0 unspecified atom stereocenters. The molecule has 1 saturated heterocycles. The zero-order valence-electron chi connectivity index (χ0n) is 24.3. The lowest BCUT2D eigenvalue weighted by molar-refractivity contribution is 0.0935. The van der Waals surface area contributed by atoms with Crippen LogP contribution in [0.2, 0.25) is 0 Å². The molecule has 1 atom stereocenters. The molecule has 8 heteroatoms. The lowest BCUT2D eigenvalue weighted by Gasteiger charge is -2.44. The van der Waals surface area contributed by atoms with Crippen molar-refractivity contribution >= 4 is 17.5 Å². The summed E-state index contributed by atoms with van der Waals surface area (Å²) >= 11 is 0. The number of nitrogens with zero attached hydrogens (tertiary/aromatic N) is 3. The molecule has 0 radical (unpaired) electrons. The van der Waals surface area contributed by atoms with Crippen molar-refractivity contribution in [2.45, 2.75) is 45.9 Å². The summed E-state index contributed by atoms with van der Waals surface area (Å²) in [6.07, 6.45) is 1.92. The van der Waals surface area contributed by atoms with Crippen LogP contribution < -0.4 is 20.3 Å². The number of benzene rings is 2. The molecule has 208 valence electrons. The van der Waals surface area contributed by atoms with E-state index in [1.54, 1.807) is 7.05 Å². The Bertz CT molecular complexity index is 1350. The number of aryl methyl sites for hydroxylation is 2. The van der Waals surface area contributed by atoms with E-state index in [1.807, 2.05) is 81.9 Å². The Morgan fingerprint density at radius 2 is 1.72 bits per heavy atom. The molecule has 1 aliphatic heterocycles. The lowest BCUT2D eigenvalue weighted by Crippen LogP contribution is -2.57. The van der Waals surface area contributed by atoms with E-state index in [2.05, 4.69) is 40.6 Å². The minimum absolute atomic E-state index is 0.00538. The maximum absolute atomic E-state index is 13.5. The van der Waals surface area contributed by atoms with Crippen LogP contribution in [0.25, 0.3) is 11.1 Å². The van der Waals surface area contributed by atoms with Crippen LogP contribution in [0.5, 0.6) is 5.75 Å². The van der Waals surface area contributed by atoms with E-state index in [4.69, 9.17) is 4.74 Å². The highest BCUT2D eigenvalue weighted by atomic mass is 16.5. The van der Waals surface area contributed by atoms with Gasteiger partial charge in [-0.05, 0) is 94.9 Å². The second-order valence-electron chi connectivity index (χ2n) is 11.0. The van der Waals surface area contributed by atoms with Crippen LogP contribution in [0.4, 0.5) is 5.69 Å². The third-order valence-corrected chi connectivity index (χ3v) is 7.37. The Morgan fingerprint density at radius 1 is 1.00 bits per heavy atom. The first-order valence-corrected chi connectivity index (χ1v) is 13.5. The van der Waals surface area contributed by atoms with Gasteiger partial charge in [-0.3, -0.25) is 9.59 Å². The van der Waals surface area contributed by atoms with E-state index >= 15 is 0 Å². The summed E-state index contributed by atoms with van der Waals surface area (Å²) in [6, 6.07) is 14.2. The van der Waals surface area contributed by atoms with Crippen molar-refractivity contribution in [3.63, 3.8) is 0 Å². The Morgan fingerprint density at radius 3 is 2.36 bits per heavy atom. The average molecular weight is 532 g/mol. The maximum Gasteiger partial charge on any atom is 0.267 e. The Balaban J connectivity index is 1.59. The van der Waals surface area contributed by atoms with Crippen LogP contribution >= 0.6 is 0 Å². The summed E-state index contributed by atoms with van der Waals surface area (Å²) in [6.45, 7) is 9.83. The van der Waals surface area contributed by atoms with E-state index < -0.39 is 0 Å². The quantitative estimate of drug-likeness (QED) is 0.428. The van der Waals surface area contributed by atoms with Gasteiger partial charge in [0.15, 0.2) is 0 Å². The molecular weight excluding hydrogens is 490 g/mol. The smallest absolute Gasteiger partial charge is 0.267 e. The lowest BCUT2D eigenvalue weighted by atomic mass is 9.99. The fraction of sp³-hybridized carbons (Fsp3) is 0.419. The third kappa shape index (κ3) is 6.28. The summed E-state index contributed by atoms with van der Waals surface area (Å²) in [5, 5.41) is 5.88. The number of carbonyl (C=O) groups is 2. The van der Waals surface area contributed by atoms with Crippen LogP contribution in [-0.2, 0) is 7.05 Å². The summed E-state index contributed by atoms with van der Waals surface area (Å²) in [7, 11) is 7.67. The molecule has 1 fully saturated rings. The average Bonchev–Trinajstić information content (AvgIpc) is 3.24. The van der Waals surface area contributed by atoms with E-state index in [1.165, 1.54) is 0 Å². The second kappa shape index (κ2) is 11.5. The van der Waals surface area contributed by atoms with Crippen LogP contribution in [0.15, 0.2) is 48.7 Å². The van der Waals surface area contributed by atoms with Crippen molar-refractivity contribution in [3.8, 4) is 16.9 Å². The molecule has 8 nitrogen and oxygen atoms in total. The molecule has 2 N–H and O–H groups in total. The van der Waals surface area contributed by atoms with E-state index in [-0.39, 0.29) is 24.0 Å². The predicted octanol–water partition coefficient (Wildman–Crippen LogP) is 4.39. The Hall–Kier alpha value is -3.78. The van der Waals surface area contributed by atoms with Crippen molar-refractivity contribution in [2.24, 2.45) is 7.05 Å². The molecule has 0 saturated carbocycles. The van der Waals surface area contributed by atoms with Crippen LogP contribution in [0, 0.1) is 6.92 Å². The van der Waals surface area contributed by atoms with Gasteiger partial charge in [0, 0.05) is 56.2 Å². The number of nitrogens with one attached hydrogen (secondary N) is 2. The molecule has 2 aromatic carbocycles. The largest absolute Gasteiger partial charge is 0.491 e. The summed E-state index contributed by atoms with van der Waals surface area (Å²) in [5.41, 5.74) is 6.01.